The topological polar surface area (TPSA) is 26.3 Å². The van der Waals surface area contributed by atoms with E-state index in [2.05, 4.69) is 55.4 Å². The van der Waals surface area contributed by atoms with Gasteiger partial charge in [-0.25, -0.2) is 4.79 Å². The summed E-state index contributed by atoms with van der Waals surface area (Å²) in [5.74, 6) is 0.540. The maximum absolute atomic E-state index is 10.8. The summed E-state index contributed by atoms with van der Waals surface area (Å²) in [6.45, 7) is 19.2. The molecule has 0 amide bonds. The van der Waals surface area contributed by atoms with Crippen molar-refractivity contribution in [3.63, 3.8) is 0 Å². The molecule has 0 aliphatic carbocycles. The van der Waals surface area contributed by atoms with Crippen molar-refractivity contribution in [3.8, 4) is 0 Å². The Balaban J connectivity index is 5.49. The molecule has 0 N–H and O–H groups in total. The van der Waals surface area contributed by atoms with Gasteiger partial charge in [0.2, 0.25) is 0 Å². The molecule has 0 bridgehead atoms. The fourth-order valence-corrected chi connectivity index (χ4v) is 8.19. The zero-order chi connectivity index (χ0) is 13.2. The second kappa shape index (κ2) is 4.90. The van der Waals surface area contributed by atoms with E-state index in [1.54, 1.807) is 6.47 Å². The average Bonchev–Trinajstić information content (AvgIpc) is 1.98. The molecule has 16 heavy (non-hydrogen) atoms. The lowest BCUT2D eigenvalue weighted by molar-refractivity contribution is 0.367. The Labute approximate surface area is 102 Å². The molecule has 0 saturated carbocycles. The first-order valence-electron chi connectivity index (χ1n) is 6.03. The molecule has 0 aliphatic heterocycles. The molecule has 0 unspecified atom stereocenters. The van der Waals surface area contributed by atoms with Crippen LogP contribution in [0.3, 0.4) is 0 Å². The van der Waals surface area contributed by atoms with E-state index in [9.17, 15) is 4.79 Å². The fraction of sp³-hybridized carbons (Fsp3) is 0.923. The smallest absolute Gasteiger partial charge is 0.402 e. The van der Waals surface area contributed by atoms with Gasteiger partial charge in [0.15, 0.2) is 0 Å². The minimum absolute atomic E-state index is 0.0347. The normalized spacial score (nSPS) is 14.1. The zero-order valence-electron chi connectivity index (χ0n) is 12.1. The second-order valence-electron chi connectivity index (χ2n) is 7.11. The molecular weight excluding hydrogens is 216 g/mol. The standard InChI is InChI=1S/C13H27O2Si/c1-11(2)9-16(15-10-14,12(3,4)5)13(6,7)8/h11H,9H2,1-8H3. The summed E-state index contributed by atoms with van der Waals surface area (Å²) >= 11 is 0. The van der Waals surface area contributed by atoms with Gasteiger partial charge in [-0.3, -0.25) is 0 Å². The first-order valence-corrected chi connectivity index (χ1v) is 8.14. The van der Waals surface area contributed by atoms with Gasteiger partial charge in [0.25, 0.3) is 8.32 Å². The Bertz CT molecular complexity index is 219. The molecule has 1 radical (unpaired) electrons. The van der Waals surface area contributed by atoms with Gasteiger partial charge in [-0.05, 0) is 22.0 Å². The van der Waals surface area contributed by atoms with Crippen LogP contribution < -0.4 is 0 Å². The summed E-state index contributed by atoms with van der Waals surface area (Å²) in [7, 11) is -2.19. The average molecular weight is 243 g/mol. The Morgan fingerprint density at radius 3 is 1.62 bits per heavy atom. The predicted octanol–water partition coefficient (Wildman–Crippen LogP) is 4.27. The first-order chi connectivity index (χ1) is 6.98. The molecule has 0 aromatic rings. The fourth-order valence-electron chi connectivity index (χ4n) is 2.73. The van der Waals surface area contributed by atoms with E-state index in [0.29, 0.717) is 5.92 Å². The molecule has 2 nitrogen and oxygen atoms in total. The highest BCUT2D eigenvalue weighted by molar-refractivity contribution is 6.80. The van der Waals surface area contributed by atoms with E-state index < -0.39 is 8.32 Å². The minimum atomic E-state index is -2.19. The van der Waals surface area contributed by atoms with Crippen LogP contribution in [0.4, 0.5) is 0 Å². The third-order valence-corrected chi connectivity index (χ3v) is 10.0. The van der Waals surface area contributed by atoms with Gasteiger partial charge in [-0.1, -0.05) is 55.4 Å². The number of hydrogen-bond donors (Lipinski definition) is 0. The van der Waals surface area contributed by atoms with Crippen molar-refractivity contribution in [3.05, 3.63) is 0 Å². The van der Waals surface area contributed by atoms with Crippen LogP contribution in [0.1, 0.15) is 55.4 Å². The van der Waals surface area contributed by atoms with Crippen molar-refractivity contribution in [1.82, 2.24) is 0 Å². The highest BCUT2D eigenvalue weighted by atomic mass is 28.4. The van der Waals surface area contributed by atoms with Gasteiger partial charge < -0.3 is 4.43 Å². The van der Waals surface area contributed by atoms with Crippen LogP contribution in [0.25, 0.3) is 0 Å². The van der Waals surface area contributed by atoms with Gasteiger partial charge in [-0.15, -0.1) is 0 Å². The molecule has 95 valence electrons. The minimum Gasteiger partial charge on any atom is -0.510 e. The van der Waals surface area contributed by atoms with Crippen LogP contribution in [-0.2, 0) is 9.22 Å². The number of carbonyl (C=O) groups excluding carboxylic acids is 1. The van der Waals surface area contributed by atoms with Crippen molar-refractivity contribution in [2.45, 2.75) is 71.5 Å². The highest BCUT2D eigenvalue weighted by Gasteiger charge is 2.56. The van der Waals surface area contributed by atoms with Crippen LogP contribution >= 0.6 is 0 Å². The van der Waals surface area contributed by atoms with Crippen LogP contribution in [-0.4, -0.2) is 14.8 Å². The quantitative estimate of drug-likeness (QED) is 0.689. The molecule has 0 saturated heterocycles. The van der Waals surface area contributed by atoms with Crippen LogP contribution in [0.2, 0.25) is 16.1 Å². The number of rotatable bonds is 4. The lowest BCUT2D eigenvalue weighted by atomic mass is 10.2. The maximum atomic E-state index is 10.8. The summed E-state index contributed by atoms with van der Waals surface area (Å²) in [4.78, 5) is 10.8. The summed E-state index contributed by atoms with van der Waals surface area (Å²) in [6.07, 6.45) is 0. The molecule has 0 aliphatic rings. The van der Waals surface area contributed by atoms with Gasteiger partial charge in [0.1, 0.15) is 0 Å². The highest BCUT2D eigenvalue weighted by Crippen LogP contribution is 2.54. The van der Waals surface area contributed by atoms with E-state index in [1.165, 1.54) is 0 Å². The summed E-state index contributed by atoms with van der Waals surface area (Å²) < 4.78 is 5.60. The van der Waals surface area contributed by atoms with E-state index in [1.807, 2.05) is 0 Å². The monoisotopic (exact) mass is 243 g/mol. The van der Waals surface area contributed by atoms with Crippen LogP contribution in [0.15, 0.2) is 0 Å². The van der Waals surface area contributed by atoms with Crippen molar-refractivity contribution >= 4 is 14.8 Å². The maximum Gasteiger partial charge on any atom is 0.402 e. The lowest BCUT2D eigenvalue weighted by Crippen LogP contribution is -2.55. The molecule has 0 heterocycles. The van der Waals surface area contributed by atoms with E-state index in [-0.39, 0.29) is 10.1 Å². The Hall–Kier alpha value is -0.313. The third-order valence-electron chi connectivity index (χ3n) is 3.33. The number of hydrogen-bond acceptors (Lipinski definition) is 2. The molecule has 0 atom stereocenters. The zero-order valence-corrected chi connectivity index (χ0v) is 13.1. The Morgan fingerprint density at radius 2 is 1.44 bits per heavy atom. The van der Waals surface area contributed by atoms with E-state index >= 15 is 0 Å². The molecular formula is C13H27O2Si. The van der Waals surface area contributed by atoms with Gasteiger partial charge in [0, 0.05) is 0 Å². The third kappa shape index (κ3) is 3.09. The first kappa shape index (κ1) is 15.7. The predicted molar refractivity (Wildman–Crippen MR) is 71.6 cm³/mol. The molecule has 0 aromatic carbocycles. The van der Waals surface area contributed by atoms with Gasteiger partial charge in [-0.2, -0.15) is 0 Å². The van der Waals surface area contributed by atoms with E-state index in [4.69, 9.17) is 4.43 Å². The SMILES string of the molecule is CC(C)C[Si](O[C]=O)(C(C)(C)C)C(C)(C)C. The molecule has 0 spiro atoms. The van der Waals surface area contributed by atoms with Crippen molar-refractivity contribution < 1.29 is 9.22 Å². The second-order valence-corrected chi connectivity index (χ2v) is 12.4. The van der Waals surface area contributed by atoms with Crippen LogP contribution in [0.5, 0.6) is 0 Å². The van der Waals surface area contributed by atoms with Crippen molar-refractivity contribution in [2.75, 3.05) is 0 Å². The Morgan fingerprint density at radius 1 is 1.06 bits per heavy atom. The van der Waals surface area contributed by atoms with Crippen molar-refractivity contribution in [1.29, 1.82) is 0 Å². The van der Waals surface area contributed by atoms with Crippen molar-refractivity contribution in [2.24, 2.45) is 5.92 Å². The molecule has 0 aromatic heterocycles. The van der Waals surface area contributed by atoms with E-state index in [0.717, 1.165) is 6.04 Å². The molecule has 0 rings (SSSR count). The molecule has 3 heteroatoms. The summed E-state index contributed by atoms with van der Waals surface area (Å²) in [5, 5.41) is 0.0693. The van der Waals surface area contributed by atoms with Gasteiger partial charge in [0.05, 0.1) is 0 Å². The largest absolute Gasteiger partial charge is 0.510 e. The summed E-state index contributed by atoms with van der Waals surface area (Å²) in [6, 6.07) is 0.995. The Kier molecular flexibility index (Phi) is 4.81. The summed E-state index contributed by atoms with van der Waals surface area (Å²) in [5.41, 5.74) is 0. The lowest BCUT2D eigenvalue weighted by Gasteiger charge is -2.49. The van der Waals surface area contributed by atoms with Gasteiger partial charge >= 0.3 is 6.47 Å². The molecule has 0 fully saturated rings. The van der Waals surface area contributed by atoms with Crippen LogP contribution in [0, 0.1) is 5.92 Å².